The van der Waals surface area contributed by atoms with Crippen molar-refractivity contribution < 1.29 is 4.79 Å². The van der Waals surface area contributed by atoms with E-state index in [1.165, 1.54) is 6.42 Å². The van der Waals surface area contributed by atoms with Crippen LogP contribution < -0.4 is 0 Å². The molecular weight excluding hydrogens is 352 g/mol. The van der Waals surface area contributed by atoms with Gasteiger partial charge in [-0.2, -0.15) is 0 Å². The summed E-state index contributed by atoms with van der Waals surface area (Å²) in [7, 11) is 1.91. The summed E-state index contributed by atoms with van der Waals surface area (Å²) in [5.41, 5.74) is 0.679. The van der Waals surface area contributed by atoms with Crippen LogP contribution in [-0.2, 0) is 0 Å². The number of nitrogens with zero attached hydrogens (tertiary/aromatic N) is 2. The van der Waals surface area contributed by atoms with E-state index in [0.29, 0.717) is 16.6 Å². The van der Waals surface area contributed by atoms with Gasteiger partial charge in [0.1, 0.15) is 0 Å². The lowest BCUT2D eigenvalue weighted by Crippen LogP contribution is -2.45. The molecule has 0 atom stereocenters. The third-order valence-electron chi connectivity index (χ3n) is 4.13. The van der Waals surface area contributed by atoms with Gasteiger partial charge < -0.3 is 9.80 Å². The van der Waals surface area contributed by atoms with E-state index in [4.69, 9.17) is 11.6 Å². The maximum atomic E-state index is 12.6. The van der Waals surface area contributed by atoms with Crippen LogP contribution in [0.15, 0.2) is 22.7 Å². The van der Waals surface area contributed by atoms with E-state index in [2.05, 4.69) is 27.8 Å². The number of hydrogen-bond acceptors (Lipinski definition) is 2. The highest BCUT2D eigenvalue weighted by atomic mass is 79.9. The second-order valence-corrected chi connectivity index (χ2v) is 6.90. The molecule has 0 saturated carbocycles. The maximum Gasteiger partial charge on any atom is 0.254 e. The van der Waals surface area contributed by atoms with Crippen molar-refractivity contribution in [3.63, 3.8) is 0 Å². The highest BCUT2D eigenvalue weighted by molar-refractivity contribution is 9.10. The molecule has 21 heavy (non-hydrogen) atoms. The first kappa shape index (κ1) is 16.8. The van der Waals surface area contributed by atoms with E-state index in [1.54, 1.807) is 18.2 Å². The third kappa shape index (κ3) is 4.21. The molecule has 116 valence electrons. The summed E-state index contributed by atoms with van der Waals surface area (Å²) in [4.78, 5) is 17.0. The largest absolute Gasteiger partial charge is 0.339 e. The average molecular weight is 374 g/mol. The summed E-state index contributed by atoms with van der Waals surface area (Å²) in [5, 5.41) is 0.633. The number of piperidine rings is 1. The van der Waals surface area contributed by atoms with E-state index >= 15 is 0 Å². The lowest BCUT2D eigenvalue weighted by Gasteiger charge is -2.36. The Labute approximate surface area is 140 Å². The monoisotopic (exact) mass is 372 g/mol. The number of hydrogen-bond donors (Lipinski definition) is 0. The van der Waals surface area contributed by atoms with Gasteiger partial charge >= 0.3 is 0 Å². The van der Waals surface area contributed by atoms with Crippen molar-refractivity contribution >= 4 is 33.4 Å². The van der Waals surface area contributed by atoms with Crippen LogP contribution in [0.5, 0.6) is 0 Å². The molecule has 3 nitrogen and oxygen atoms in total. The number of benzene rings is 1. The third-order valence-corrected chi connectivity index (χ3v) is 5.02. The molecule has 0 spiro atoms. The van der Waals surface area contributed by atoms with Crippen LogP contribution in [0, 0.1) is 0 Å². The number of likely N-dealkylation sites (tertiary alicyclic amines) is 1. The molecule has 0 aromatic heterocycles. The van der Waals surface area contributed by atoms with E-state index in [0.717, 1.165) is 36.9 Å². The van der Waals surface area contributed by atoms with Crippen LogP contribution in [-0.4, -0.2) is 48.4 Å². The fourth-order valence-electron chi connectivity index (χ4n) is 2.87. The number of carbonyl (C=O) groups is 1. The molecular formula is C16H22BrClN2O. The van der Waals surface area contributed by atoms with Crippen molar-refractivity contribution in [3.05, 3.63) is 33.3 Å². The van der Waals surface area contributed by atoms with Crippen LogP contribution in [0.2, 0.25) is 5.02 Å². The zero-order valence-corrected chi connectivity index (χ0v) is 15.0. The number of rotatable bonds is 4. The van der Waals surface area contributed by atoms with Crippen molar-refractivity contribution in [2.45, 2.75) is 32.2 Å². The van der Waals surface area contributed by atoms with E-state index < -0.39 is 0 Å². The SMILES string of the molecule is CCCN1CCC(N(C)C(=O)c2ccc(Cl)cc2Br)CC1. The van der Waals surface area contributed by atoms with Crippen molar-refractivity contribution in [2.24, 2.45) is 0 Å². The molecule has 1 heterocycles. The van der Waals surface area contributed by atoms with Gasteiger partial charge in [-0.3, -0.25) is 4.79 Å². The zero-order valence-electron chi connectivity index (χ0n) is 12.6. The molecule has 0 unspecified atom stereocenters. The molecule has 1 aromatic carbocycles. The molecule has 1 aliphatic rings. The molecule has 1 amide bonds. The topological polar surface area (TPSA) is 23.6 Å². The quantitative estimate of drug-likeness (QED) is 0.795. The summed E-state index contributed by atoms with van der Waals surface area (Å²) in [5.74, 6) is 0.0625. The smallest absolute Gasteiger partial charge is 0.254 e. The lowest BCUT2D eigenvalue weighted by molar-refractivity contribution is 0.0642. The molecule has 0 radical (unpaired) electrons. The maximum absolute atomic E-state index is 12.6. The number of carbonyl (C=O) groups excluding carboxylic acids is 1. The van der Waals surface area contributed by atoms with Gasteiger partial charge in [0.2, 0.25) is 0 Å². The Hall–Kier alpha value is -0.580. The van der Waals surface area contributed by atoms with Crippen LogP contribution in [0.25, 0.3) is 0 Å². The average Bonchev–Trinajstić information content (AvgIpc) is 2.47. The fraction of sp³-hybridized carbons (Fsp3) is 0.562. The molecule has 0 N–H and O–H groups in total. The normalized spacial score (nSPS) is 17.0. The molecule has 2 rings (SSSR count). The van der Waals surface area contributed by atoms with Gasteiger partial charge in [0.25, 0.3) is 5.91 Å². The molecule has 1 aliphatic heterocycles. The van der Waals surface area contributed by atoms with Crippen molar-refractivity contribution in [2.75, 3.05) is 26.7 Å². The van der Waals surface area contributed by atoms with Gasteiger partial charge in [-0.1, -0.05) is 18.5 Å². The summed E-state index contributed by atoms with van der Waals surface area (Å²) in [6, 6.07) is 5.65. The first-order valence-corrected chi connectivity index (χ1v) is 8.64. The summed E-state index contributed by atoms with van der Waals surface area (Å²) < 4.78 is 0.760. The molecule has 1 fully saturated rings. The van der Waals surface area contributed by atoms with Gasteiger partial charge in [-0.25, -0.2) is 0 Å². The Morgan fingerprint density at radius 1 is 1.43 bits per heavy atom. The second kappa shape index (κ2) is 7.61. The Bertz CT molecular complexity index is 501. The van der Waals surface area contributed by atoms with Crippen molar-refractivity contribution in [3.8, 4) is 0 Å². The number of halogens is 2. The standard InChI is InChI=1S/C16H22BrClN2O/c1-3-8-20-9-6-13(7-10-20)19(2)16(21)14-5-4-12(18)11-15(14)17/h4-5,11,13H,3,6-10H2,1-2H3. The van der Waals surface area contributed by atoms with E-state index in [9.17, 15) is 4.79 Å². The minimum atomic E-state index is 0.0625. The van der Waals surface area contributed by atoms with Gasteiger partial charge in [0, 0.05) is 35.7 Å². The van der Waals surface area contributed by atoms with Gasteiger partial charge in [0.05, 0.1) is 5.56 Å². The van der Waals surface area contributed by atoms with Crippen molar-refractivity contribution in [1.82, 2.24) is 9.80 Å². The number of amides is 1. The predicted octanol–water partition coefficient (Wildman–Crippen LogP) is 4.05. The molecule has 1 saturated heterocycles. The van der Waals surface area contributed by atoms with Crippen molar-refractivity contribution in [1.29, 1.82) is 0 Å². The van der Waals surface area contributed by atoms with Gasteiger partial charge in [0.15, 0.2) is 0 Å². The molecule has 0 bridgehead atoms. The molecule has 5 heteroatoms. The predicted molar refractivity (Wildman–Crippen MR) is 91.0 cm³/mol. The highest BCUT2D eigenvalue weighted by Gasteiger charge is 2.26. The van der Waals surface area contributed by atoms with Crippen LogP contribution in [0.1, 0.15) is 36.5 Å². The first-order chi connectivity index (χ1) is 10.0. The second-order valence-electron chi connectivity index (χ2n) is 5.61. The Kier molecular flexibility index (Phi) is 6.08. The fourth-order valence-corrected chi connectivity index (χ4v) is 3.72. The van der Waals surface area contributed by atoms with Gasteiger partial charge in [-0.05, 0) is 59.9 Å². The first-order valence-electron chi connectivity index (χ1n) is 7.47. The molecule has 1 aromatic rings. The van der Waals surface area contributed by atoms with E-state index in [1.807, 2.05) is 11.9 Å². The minimum Gasteiger partial charge on any atom is -0.339 e. The summed E-state index contributed by atoms with van der Waals surface area (Å²) in [6.07, 6.45) is 3.29. The van der Waals surface area contributed by atoms with Gasteiger partial charge in [-0.15, -0.1) is 0 Å². The van der Waals surface area contributed by atoms with E-state index in [-0.39, 0.29) is 5.91 Å². The Morgan fingerprint density at radius 2 is 2.10 bits per heavy atom. The summed E-state index contributed by atoms with van der Waals surface area (Å²) in [6.45, 7) is 5.53. The minimum absolute atomic E-state index is 0.0625. The Morgan fingerprint density at radius 3 is 2.67 bits per heavy atom. The molecule has 0 aliphatic carbocycles. The van der Waals surface area contributed by atoms with Crippen LogP contribution >= 0.6 is 27.5 Å². The summed E-state index contributed by atoms with van der Waals surface area (Å²) >= 11 is 9.37. The van der Waals surface area contributed by atoms with Crippen LogP contribution in [0.4, 0.5) is 0 Å². The Balaban J connectivity index is 2.00. The zero-order chi connectivity index (χ0) is 15.4. The lowest BCUT2D eigenvalue weighted by atomic mass is 10.0. The van der Waals surface area contributed by atoms with Crippen LogP contribution in [0.3, 0.4) is 0 Å². The highest BCUT2D eigenvalue weighted by Crippen LogP contribution is 2.24.